The van der Waals surface area contributed by atoms with E-state index in [0.717, 1.165) is 25.9 Å². The Balaban J connectivity index is 2.03. The largest absolute Gasteiger partial charge is 0.372 e. The van der Waals surface area contributed by atoms with Crippen LogP contribution in [-0.4, -0.2) is 40.9 Å². The van der Waals surface area contributed by atoms with Crippen LogP contribution in [0, 0.1) is 5.41 Å². The molecule has 1 fully saturated rings. The number of carbonyl (C=O) groups excluding carboxylic acids is 1. The average Bonchev–Trinajstić information content (AvgIpc) is 2.38. The summed E-state index contributed by atoms with van der Waals surface area (Å²) in [4.78, 5) is 22.3. The van der Waals surface area contributed by atoms with Gasteiger partial charge < -0.3 is 10.2 Å². The van der Waals surface area contributed by atoms with Gasteiger partial charge >= 0.3 is 0 Å². The summed E-state index contributed by atoms with van der Waals surface area (Å²) in [5, 5.41) is 2.88. The lowest BCUT2D eigenvalue weighted by Gasteiger charge is -2.36. The summed E-state index contributed by atoms with van der Waals surface area (Å²) in [6.45, 7) is 6.11. The zero-order valence-electron chi connectivity index (χ0n) is 11.2. The van der Waals surface area contributed by atoms with Crippen LogP contribution in [0.5, 0.6) is 0 Å². The van der Waals surface area contributed by atoms with E-state index in [0.29, 0.717) is 16.9 Å². The molecule has 0 spiro atoms. The Morgan fingerprint density at radius 2 is 1.94 bits per heavy atom. The number of aromatic nitrogens is 2. The maximum Gasteiger partial charge on any atom is 0.274 e. The van der Waals surface area contributed by atoms with Crippen molar-refractivity contribution in [2.75, 3.05) is 25.5 Å². The fraction of sp³-hybridized carbons (Fsp3) is 0.615. The Labute approximate surface area is 108 Å². The lowest BCUT2D eigenvalue weighted by Crippen LogP contribution is -2.41. The molecule has 0 saturated carbocycles. The summed E-state index contributed by atoms with van der Waals surface area (Å²) in [5.74, 6) is 0.659. The number of rotatable bonds is 2. The second-order valence-electron chi connectivity index (χ2n) is 5.49. The zero-order chi connectivity index (χ0) is 13.2. The van der Waals surface area contributed by atoms with Crippen LogP contribution in [0.2, 0.25) is 0 Å². The van der Waals surface area contributed by atoms with Crippen LogP contribution in [0.25, 0.3) is 0 Å². The van der Waals surface area contributed by atoms with Crippen molar-refractivity contribution >= 4 is 11.7 Å². The number of piperidine rings is 1. The molecule has 1 aliphatic rings. The molecule has 2 heterocycles. The summed E-state index contributed by atoms with van der Waals surface area (Å²) in [7, 11) is 1.78. The van der Waals surface area contributed by atoms with Crippen LogP contribution in [0.3, 0.4) is 0 Å². The third kappa shape index (κ3) is 2.78. The van der Waals surface area contributed by atoms with Crippen LogP contribution in [0.15, 0.2) is 12.4 Å². The van der Waals surface area contributed by atoms with Crippen LogP contribution in [0.4, 0.5) is 5.82 Å². The van der Waals surface area contributed by atoms with E-state index in [2.05, 4.69) is 29.1 Å². The number of amides is 1. The monoisotopic (exact) mass is 248 g/mol. The predicted molar refractivity (Wildman–Crippen MR) is 70.5 cm³/mol. The van der Waals surface area contributed by atoms with Crippen molar-refractivity contribution in [1.82, 2.24) is 14.9 Å². The van der Waals surface area contributed by atoms with Gasteiger partial charge in [-0.05, 0) is 18.3 Å². The lowest BCUT2D eigenvalue weighted by atomic mass is 9.82. The minimum absolute atomic E-state index is 0.0133. The summed E-state index contributed by atoms with van der Waals surface area (Å²) < 4.78 is 0. The smallest absolute Gasteiger partial charge is 0.274 e. The van der Waals surface area contributed by atoms with Gasteiger partial charge in [0.1, 0.15) is 11.5 Å². The van der Waals surface area contributed by atoms with Crippen LogP contribution < -0.4 is 5.32 Å². The molecule has 0 unspecified atom stereocenters. The predicted octanol–water partition coefficient (Wildman–Crippen LogP) is 1.78. The summed E-state index contributed by atoms with van der Waals surface area (Å²) >= 11 is 0. The molecule has 18 heavy (non-hydrogen) atoms. The topological polar surface area (TPSA) is 58.1 Å². The lowest BCUT2D eigenvalue weighted by molar-refractivity contribution is 0.0624. The summed E-state index contributed by atoms with van der Waals surface area (Å²) in [5.41, 5.74) is 0.770. The highest BCUT2D eigenvalue weighted by Gasteiger charge is 2.28. The fourth-order valence-electron chi connectivity index (χ4n) is 2.04. The van der Waals surface area contributed by atoms with Gasteiger partial charge in [0.05, 0.1) is 12.4 Å². The molecule has 1 aliphatic heterocycles. The second kappa shape index (κ2) is 4.92. The fourth-order valence-corrected chi connectivity index (χ4v) is 2.04. The van der Waals surface area contributed by atoms with Crippen molar-refractivity contribution in [3.05, 3.63) is 18.1 Å². The molecule has 1 aromatic heterocycles. The van der Waals surface area contributed by atoms with Gasteiger partial charge in [0.2, 0.25) is 0 Å². The van der Waals surface area contributed by atoms with E-state index in [1.165, 1.54) is 6.20 Å². The molecule has 0 radical (unpaired) electrons. The van der Waals surface area contributed by atoms with E-state index in [1.54, 1.807) is 13.2 Å². The molecule has 0 aromatic carbocycles. The number of anilines is 1. The molecule has 1 N–H and O–H groups in total. The quantitative estimate of drug-likeness (QED) is 0.866. The van der Waals surface area contributed by atoms with Crippen molar-refractivity contribution in [1.29, 1.82) is 0 Å². The molecule has 0 atom stereocenters. The van der Waals surface area contributed by atoms with Gasteiger partial charge in [-0.15, -0.1) is 0 Å². The maximum atomic E-state index is 12.2. The molecule has 98 valence electrons. The van der Waals surface area contributed by atoms with Crippen molar-refractivity contribution < 1.29 is 4.79 Å². The maximum absolute atomic E-state index is 12.2. The number of carbonyl (C=O) groups is 1. The molecule has 0 aliphatic carbocycles. The molecule has 1 amide bonds. The highest BCUT2D eigenvalue weighted by atomic mass is 16.2. The molecular formula is C13H20N4O. The first-order valence-corrected chi connectivity index (χ1v) is 6.31. The molecular weight excluding hydrogens is 228 g/mol. The second-order valence-corrected chi connectivity index (χ2v) is 5.49. The van der Waals surface area contributed by atoms with Crippen LogP contribution in [0.1, 0.15) is 37.2 Å². The van der Waals surface area contributed by atoms with Gasteiger partial charge in [-0.1, -0.05) is 13.8 Å². The van der Waals surface area contributed by atoms with Crippen LogP contribution in [-0.2, 0) is 0 Å². The van der Waals surface area contributed by atoms with E-state index in [9.17, 15) is 4.79 Å². The van der Waals surface area contributed by atoms with Gasteiger partial charge in [-0.3, -0.25) is 4.79 Å². The van der Waals surface area contributed by atoms with E-state index in [-0.39, 0.29) is 5.91 Å². The third-order valence-corrected chi connectivity index (χ3v) is 3.53. The van der Waals surface area contributed by atoms with Crippen LogP contribution >= 0.6 is 0 Å². The van der Waals surface area contributed by atoms with Crippen molar-refractivity contribution in [3.63, 3.8) is 0 Å². The van der Waals surface area contributed by atoms with E-state index in [1.807, 2.05) is 4.90 Å². The number of nitrogens with zero attached hydrogens (tertiary/aromatic N) is 3. The zero-order valence-corrected chi connectivity index (χ0v) is 11.2. The Hall–Kier alpha value is -1.65. The molecule has 5 nitrogen and oxygen atoms in total. The van der Waals surface area contributed by atoms with Crippen molar-refractivity contribution in [2.24, 2.45) is 5.41 Å². The number of likely N-dealkylation sites (tertiary alicyclic amines) is 1. The third-order valence-electron chi connectivity index (χ3n) is 3.53. The number of hydrogen-bond acceptors (Lipinski definition) is 4. The average molecular weight is 248 g/mol. The van der Waals surface area contributed by atoms with E-state index < -0.39 is 0 Å². The SMILES string of the molecule is CNc1cnc(C(=O)N2CCC(C)(C)CC2)cn1. The summed E-state index contributed by atoms with van der Waals surface area (Å²) in [6.07, 6.45) is 5.20. The minimum atomic E-state index is -0.0133. The Bertz CT molecular complexity index is 417. The Morgan fingerprint density at radius 1 is 1.28 bits per heavy atom. The van der Waals surface area contributed by atoms with Gasteiger partial charge in [0.25, 0.3) is 5.91 Å². The van der Waals surface area contributed by atoms with Crippen molar-refractivity contribution in [3.8, 4) is 0 Å². The first-order valence-electron chi connectivity index (χ1n) is 6.31. The van der Waals surface area contributed by atoms with Gasteiger partial charge in [-0.25, -0.2) is 9.97 Å². The first-order chi connectivity index (χ1) is 8.52. The Morgan fingerprint density at radius 3 is 2.44 bits per heavy atom. The van der Waals surface area contributed by atoms with Gasteiger partial charge in [0, 0.05) is 20.1 Å². The molecule has 0 bridgehead atoms. The van der Waals surface area contributed by atoms with Crippen molar-refractivity contribution in [2.45, 2.75) is 26.7 Å². The number of nitrogens with one attached hydrogen (secondary N) is 1. The molecule has 1 aromatic rings. The highest BCUT2D eigenvalue weighted by molar-refractivity contribution is 5.92. The van der Waals surface area contributed by atoms with Gasteiger partial charge in [0.15, 0.2) is 0 Å². The highest BCUT2D eigenvalue weighted by Crippen LogP contribution is 2.30. The molecule has 5 heteroatoms. The normalized spacial score (nSPS) is 18.5. The minimum Gasteiger partial charge on any atom is -0.372 e. The standard InChI is InChI=1S/C13H20N4O/c1-13(2)4-6-17(7-5-13)12(18)10-8-16-11(14-3)9-15-10/h8-9H,4-7H2,1-3H3,(H,14,16). The summed E-state index contributed by atoms with van der Waals surface area (Å²) in [6, 6.07) is 0. The first kappa shape index (κ1) is 12.8. The molecule has 2 rings (SSSR count). The molecule has 1 saturated heterocycles. The number of hydrogen-bond donors (Lipinski definition) is 1. The van der Waals surface area contributed by atoms with E-state index >= 15 is 0 Å². The van der Waals surface area contributed by atoms with Gasteiger partial charge in [-0.2, -0.15) is 0 Å². The Kier molecular flexibility index (Phi) is 3.50. The van der Waals surface area contributed by atoms with E-state index in [4.69, 9.17) is 0 Å².